The first kappa shape index (κ1) is 21.1. The van der Waals surface area contributed by atoms with Crippen LogP contribution in [0, 0.1) is 0 Å². The first-order valence-corrected chi connectivity index (χ1v) is 7.98. The molecule has 0 spiro atoms. The summed E-state index contributed by atoms with van der Waals surface area (Å²) in [6.45, 7) is 4.19. The Balaban J connectivity index is 2.75. The largest absolute Gasteiger partial charge is 0.480 e. The van der Waals surface area contributed by atoms with Crippen LogP contribution in [0.15, 0.2) is 12.5 Å². The molecule has 11 heteroatoms. The lowest BCUT2D eigenvalue weighted by molar-refractivity contribution is -0.141. The Morgan fingerprint density at radius 2 is 1.69 bits per heavy atom. The molecule has 0 aromatic carbocycles. The predicted octanol–water partition coefficient (Wildman–Crippen LogP) is -2.12. The molecule has 1 rings (SSSR count). The molecule has 0 fully saturated rings. The molecule has 0 aliphatic rings. The number of amides is 3. The number of aliphatic carboxylic acids is 1. The van der Waals surface area contributed by atoms with Crippen molar-refractivity contribution in [3.05, 3.63) is 18.2 Å². The minimum absolute atomic E-state index is 0.115. The van der Waals surface area contributed by atoms with Gasteiger partial charge in [0.05, 0.1) is 12.4 Å². The summed E-state index contributed by atoms with van der Waals surface area (Å²) in [5.41, 5.74) is 6.11. The fourth-order valence-corrected chi connectivity index (χ4v) is 1.91. The summed E-state index contributed by atoms with van der Waals surface area (Å²) < 4.78 is 0. The van der Waals surface area contributed by atoms with Crippen LogP contribution in [0.5, 0.6) is 0 Å². The van der Waals surface area contributed by atoms with Crippen molar-refractivity contribution < 1.29 is 24.3 Å². The van der Waals surface area contributed by atoms with Crippen molar-refractivity contribution in [2.75, 3.05) is 0 Å². The quantitative estimate of drug-likeness (QED) is 0.288. The SMILES string of the molecule is CC(N)C(=O)NC(Cc1cnc[nH]1)C(=O)NC(C)C(=O)NC(C)C(=O)O. The number of nitrogens with one attached hydrogen (secondary N) is 4. The zero-order valence-electron chi connectivity index (χ0n) is 14.8. The minimum Gasteiger partial charge on any atom is -0.480 e. The zero-order valence-corrected chi connectivity index (χ0v) is 14.8. The van der Waals surface area contributed by atoms with Crippen LogP contribution in [-0.4, -0.2) is 62.9 Å². The summed E-state index contributed by atoms with van der Waals surface area (Å²) in [7, 11) is 0. The lowest BCUT2D eigenvalue weighted by atomic mass is 10.1. The molecule has 0 radical (unpaired) electrons. The van der Waals surface area contributed by atoms with E-state index < -0.39 is 47.9 Å². The highest BCUT2D eigenvalue weighted by molar-refractivity contribution is 5.93. The van der Waals surface area contributed by atoms with Crippen molar-refractivity contribution in [3.63, 3.8) is 0 Å². The molecule has 144 valence electrons. The van der Waals surface area contributed by atoms with Gasteiger partial charge in [0, 0.05) is 18.3 Å². The number of hydrogen-bond donors (Lipinski definition) is 6. The second-order valence-corrected chi connectivity index (χ2v) is 5.93. The van der Waals surface area contributed by atoms with Crippen molar-refractivity contribution in [1.29, 1.82) is 0 Å². The van der Waals surface area contributed by atoms with E-state index in [1.54, 1.807) is 0 Å². The Morgan fingerprint density at radius 3 is 2.19 bits per heavy atom. The van der Waals surface area contributed by atoms with Crippen molar-refractivity contribution in [3.8, 4) is 0 Å². The molecule has 26 heavy (non-hydrogen) atoms. The van der Waals surface area contributed by atoms with Crippen LogP contribution in [0.3, 0.4) is 0 Å². The number of rotatable bonds is 9. The summed E-state index contributed by atoms with van der Waals surface area (Å²) in [6.07, 6.45) is 3.05. The second kappa shape index (κ2) is 9.51. The maximum atomic E-state index is 12.5. The zero-order chi connectivity index (χ0) is 19.9. The molecular formula is C15H24N6O5. The van der Waals surface area contributed by atoms with Gasteiger partial charge < -0.3 is 31.8 Å². The van der Waals surface area contributed by atoms with Gasteiger partial charge in [0.1, 0.15) is 18.1 Å². The molecule has 3 amide bonds. The number of nitrogens with zero attached hydrogens (tertiary/aromatic N) is 1. The number of aromatic nitrogens is 2. The van der Waals surface area contributed by atoms with Crippen LogP contribution >= 0.6 is 0 Å². The molecule has 0 bridgehead atoms. The lowest BCUT2D eigenvalue weighted by Gasteiger charge is -2.22. The van der Waals surface area contributed by atoms with Gasteiger partial charge in [0.15, 0.2) is 0 Å². The second-order valence-electron chi connectivity index (χ2n) is 5.93. The molecule has 0 aliphatic heterocycles. The third-order valence-corrected chi connectivity index (χ3v) is 3.51. The predicted molar refractivity (Wildman–Crippen MR) is 90.7 cm³/mol. The van der Waals surface area contributed by atoms with E-state index >= 15 is 0 Å². The normalized spacial score (nSPS) is 15.2. The van der Waals surface area contributed by atoms with Crippen LogP contribution in [0.4, 0.5) is 0 Å². The van der Waals surface area contributed by atoms with Gasteiger partial charge in [-0.15, -0.1) is 0 Å². The third kappa shape index (κ3) is 6.51. The Hall–Kier alpha value is -2.95. The van der Waals surface area contributed by atoms with E-state index in [1.165, 1.54) is 33.3 Å². The van der Waals surface area contributed by atoms with Gasteiger partial charge in [-0.3, -0.25) is 19.2 Å². The molecule has 4 unspecified atom stereocenters. The average Bonchev–Trinajstić information content (AvgIpc) is 3.06. The fraction of sp³-hybridized carbons (Fsp3) is 0.533. The van der Waals surface area contributed by atoms with Crippen molar-refractivity contribution in [1.82, 2.24) is 25.9 Å². The van der Waals surface area contributed by atoms with Crippen LogP contribution in [0.1, 0.15) is 26.5 Å². The Labute approximate surface area is 150 Å². The van der Waals surface area contributed by atoms with Gasteiger partial charge in [0.25, 0.3) is 0 Å². The summed E-state index contributed by atoms with van der Waals surface area (Å²) in [6, 6.07) is -3.90. The lowest BCUT2D eigenvalue weighted by Crippen LogP contribution is -2.56. The van der Waals surface area contributed by atoms with Gasteiger partial charge >= 0.3 is 5.97 Å². The van der Waals surface area contributed by atoms with Crippen LogP contribution in [0.2, 0.25) is 0 Å². The van der Waals surface area contributed by atoms with E-state index in [0.717, 1.165) is 0 Å². The van der Waals surface area contributed by atoms with E-state index in [2.05, 4.69) is 25.9 Å². The summed E-state index contributed by atoms with van der Waals surface area (Å²) >= 11 is 0. The number of hydrogen-bond acceptors (Lipinski definition) is 6. The highest BCUT2D eigenvalue weighted by Crippen LogP contribution is 2.01. The number of H-pyrrole nitrogens is 1. The van der Waals surface area contributed by atoms with Crippen LogP contribution < -0.4 is 21.7 Å². The molecule has 1 heterocycles. The number of imidazole rings is 1. The first-order chi connectivity index (χ1) is 12.1. The number of carbonyl (C=O) groups excluding carboxylic acids is 3. The standard InChI is InChI=1S/C15H24N6O5/c1-7(16)12(22)21-11(4-10-5-17-6-18-10)14(24)19-8(2)13(23)20-9(3)15(25)26/h5-9,11H,4,16H2,1-3H3,(H,17,18)(H,19,24)(H,20,23)(H,21,22)(H,25,26). The maximum Gasteiger partial charge on any atom is 0.325 e. The van der Waals surface area contributed by atoms with Crippen LogP contribution in [-0.2, 0) is 25.6 Å². The molecule has 11 nitrogen and oxygen atoms in total. The molecule has 1 aromatic rings. The molecule has 4 atom stereocenters. The van der Waals surface area contributed by atoms with Crippen molar-refractivity contribution >= 4 is 23.7 Å². The summed E-state index contributed by atoms with van der Waals surface area (Å²) in [4.78, 5) is 53.7. The molecule has 7 N–H and O–H groups in total. The van der Waals surface area contributed by atoms with Gasteiger partial charge in [-0.05, 0) is 20.8 Å². The number of aromatic amines is 1. The van der Waals surface area contributed by atoms with E-state index in [4.69, 9.17) is 10.8 Å². The number of carboxylic acids is 1. The number of carbonyl (C=O) groups is 4. The Kier molecular flexibility index (Phi) is 7.72. The summed E-state index contributed by atoms with van der Waals surface area (Å²) in [5.74, 6) is -2.99. The number of nitrogens with two attached hydrogens (primary N) is 1. The topological polar surface area (TPSA) is 179 Å². The van der Waals surface area contributed by atoms with E-state index in [1.807, 2.05) is 0 Å². The highest BCUT2D eigenvalue weighted by atomic mass is 16.4. The molecule has 0 saturated heterocycles. The average molecular weight is 368 g/mol. The van der Waals surface area contributed by atoms with E-state index in [9.17, 15) is 19.2 Å². The van der Waals surface area contributed by atoms with Crippen molar-refractivity contribution in [2.24, 2.45) is 5.73 Å². The number of carboxylic acid groups (broad SMARTS) is 1. The van der Waals surface area contributed by atoms with Gasteiger partial charge in [0.2, 0.25) is 17.7 Å². The molecule has 0 aliphatic carbocycles. The Morgan fingerprint density at radius 1 is 1.08 bits per heavy atom. The first-order valence-electron chi connectivity index (χ1n) is 7.98. The monoisotopic (exact) mass is 368 g/mol. The van der Waals surface area contributed by atoms with E-state index in [0.29, 0.717) is 5.69 Å². The van der Waals surface area contributed by atoms with Gasteiger partial charge in [-0.25, -0.2) is 4.98 Å². The third-order valence-electron chi connectivity index (χ3n) is 3.51. The van der Waals surface area contributed by atoms with E-state index in [-0.39, 0.29) is 6.42 Å². The highest BCUT2D eigenvalue weighted by Gasteiger charge is 2.27. The van der Waals surface area contributed by atoms with Gasteiger partial charge in [-0.1, -0.05) is 0 Å². The smallest absolute Gasteiger partial charge is 0.325 e. The van der Waals surface area contributed by atoms with Crippen molar-refractivity contribution in [2.45, 2.75) is 51.4 Å². The molecular weight excluding hydrogens is 344 g/mol. The van der Waals surface area contributed by atoms with Crippen LogP contribution in [0.25, 0.3) is 0 Å². The minimum atomic E-state index is -1.20. The Bertz CT molecular complexity index is 645. The molecule has 1 aromatic heterocycles. The summed E-state index contributed by atoms with van der Waals surface area (Å²) in [5, 5.41) is 16.0. The molecule has 0 saturated carbocycles. The maximum absolute atomic E-state index is 12.5. The van der Waals surface area contributed by atoms with Gasteiger partial charge in [-0.2, -0.15) is 0 Å². The fourth-order valence-electron chi connectivity index (χ4n) is 1.91.